The summed E-state index contributed by atoms with van der Waals surface area (Å²) in [7, 11) is 0. The number of carbonyl (C=O) groups excluding carboxylic acids is 1. The molecule has 0 radical (unpaired) electrons. The minimum atomic E-state index is -1.42. The Morgan fingerprint density at radius 2 is 1.37 bits per heavy atom. The molecule has 1 amide bonds. The van der Waals surface area contributed by atoms with E-state index in [4.69, 9.17) is 51.5 Å². The molecule has 0 heterocycles. The number of halogens is 4. The molecule has 0 atom stereocenters. The molecular formula is C11H9Cl4NO3. The number of hydrogen-bond acceptors (Lipinski definition) is 2. The minimum absolute atomic E-state index is 0.160. The smallest absolute Gasteiger partial charge is 0.338 e. The molecule has 0 aliphatic rings. The number of hydrogen-bond donors (Lipinski definition) is 2. The molecule has 0 fully saturated rings. The van der Waals surface area contributed by atoms with E-state index >= 15 is 0 Å². The summed E-state index contributed by atoms with van der Waals surface area (Å²) in [5.74, 6) is -2.10. The number of aromatic carboxylic acids is 1. The van der Waals surface area contributed by atoms with Crippen LogP contribution in [0.25, 0.3) is 0 Å². The molecule has 0 aliphatic heterocycles. The highest BCUT2D eigenvalue weighted by molar-refractivity contribution is 6.54. The number of amides is 1. The monoisotopic (exact) mass is 343 g/mol. The van der Waals surface area contributed by atoms with Crippen LogP contribution in [0.15, 0.2) is 0 Å². The molecule has 1 rings (SSSR count). The first kappa shape index (κ1) is 16.4. The van der Waals surface area contributed by atoms with Crippen molar-refractivity contribution in [2.45, 2.75) is 19.9 Å². The molecule has 19 heavy (non-hydrogen) atoms. The molecule has 0 unspecified atom stereocenters. The Hall–Kier alpha value is -0.680. The summed E-state index contributed by atoms with van der Waals surface area (Å²) in [6.45, 7) is 3.43. The second-order valence-corrected chi connectivity index (χ2v) is 5.45. The van der Waals surface area contributed by atoms with Crippen LogP contribution >= 0.6 is 46.4 Å². The highest BCUT2D eigenvalue weighted by Gasteiger charge is 2.28. The lowest BCUT2D eigenvalue weighted by molar-refractivity contribution is 0.0691. The van der Waals surface area contributed by atoms with E-state index in [1.165, 1.54) is 0 Å². The van der Waals surface area contributed by atoms with Crippen molar-refractivity contribution < 1.29 is 14.7 Å². The molecule has 0 saturated heterocycles. The zero-order valence-electron chi connectivity index (χ0n) is 9.85. The Morgan fingerprint density at radius 3 is 1.74 bits per heavy atom. The number of carbonyl (C=O) groups is 2. The third-order valence-corrected chi connectivity index (χ3v) is 3.93. The van der Waals surface area contributed by atoms with Gasteiger partial charge in [0.05, 0.1) is 31.2 Å². The quantitative estimate of drug-likeness (QED) is 0.639. The van der Waals surface area contributed by atoms with E-state index < -0.39 is 17.4 Å². The fourth-order valence-corrected chi connectivity index (χ4v) is 2.40. The summed E-state index contributed by atoms with van der Waals surface area (Å²) in [5, 5.41) is 10.7. The van der Waals surface area contributed by atoms with Gasteiger partial charge in [-0.05, 0) is 13.8 Å². The molecule has 4 nitrogen and oxygen atoms in total. The van der Waals surface area contributed by atoms with Gasteiger partial charge in [0.2, 0.25) is 0 Å². The third kappa shape index (κ3) is 3.26. The van der Waals surface area contributed by atoms with Crippen LogP contribution in [-0.2, 0) is 0 Å². The van der Waals surface area contributed by atoms with E-state index in [9.17, 15) is 9.59 Å². The SMILES string of the molecule is CC(C)NC(=O)c1c(Cl)c(Cl)c(Cl)c(Cl)c1C(=O)O. The lowest BCUT2D eigenvalue weighted by Gasteiger charge is -2.15. The van der Waals surface area contributed by atoms with Gasteiger partial charge >= 0.3 is 5.97 Å². The Bertz CT molecular complexity index is 558. The van der Waals surface area contributed by atoms with E-state index in [1.54, 1.807) is 13.8 Å². The molecule has 1 aromatic rings. The van der Waals surface area contributed by atoms with Gasteiger partial charge in [-0.3, -0.25) is 4.79 Å². The lowest BCUT2D eigenvalue weighted by atomic mass is 10.1. The largest absolute Gasteiger partial charge is 0.478 e. The normalized spacial score (nSPS) is 10.7. The molecular weight excluding hydrogens is 336 g/mol. The first-order valence-electron chi connectivity index (χ1n) is 5.08. The average molecular weight is 345 g/mol. The van der Waals surface area contributed by atoms with Crippen molar-refractivity contribution >= 4 is 58.3 Å². The zero-order chi connectivity index (χ0) is 14.9. The van der Waals surface area contributed by atoms with Crippen molar-refractivity contribution in [3.8, 4) is 0 Å². The van der Waals surface area contributed by atoms with Gasteiger partial charge < -0.3 is 10.4 Å². The lowest BCUT2D eigenvalue weighted by Crippen LogP contribution is -2.31. The van der Waals surface area contributed by atoms with Gasteiger partial charge in [0, 0.05) is 6.04 Å². The Morgan fingerprint density at radius 1 is 0.947 bits per heavy atom. The molecule has 2 N–H and O–H groups in total. The standard InChI is InChI=1S/C11H9Cl4NO3/c1-3(2)16-10(17)4-5(11(18)19)7(13)9(15)8(14)6(4)12/h3H,1-2H3,(H,16,17)(H,18,19). The maximum atomic E-state index is 12.0. The van der Waals surface area contributed by atoms with Gasteiger partial charge in [-0.1, -0.05) is 46.4 Å². The molecule has 0 saturated carbocycles. The second kappa shape index (κ2) is 6.18. The molecule has 0 aromatic heterocycles. The van der Waals surface area contributed by atoms with Crippen molar-refractivity contribution in [3.05, 3.63) is 31.2 Å². The van der Waals surface area contributed by atoms with Crippen LogP contribution in [0.5, 0.6) is 0 Å². The molecule has 8 heteroatoms. The zero-order valence-corrected chi connectivity index (χ0v) is 12.9. The summed E-state index contributed by atoms with van der Waals surface area (Å²) in [6, 6.07) is -0.210. The number of benzene rings is 1. The van der Waals surface area contributed by atoms with E-state index in [2.05, 4.69) is 5.32 Å². The summed E-state index contributed by atoms with van der Waals surface area (Å²) in [4.78, 5) is 23.2. The van der Waals surface area contributed by atoms with Crippen LogP contribution in [0.2, 0.25) is 20.1 Å². The maximum absolute atomic E-state index is 12.0. The fourth-order valence-electron chi connectivity index (χ4n) is 1.38. The van der Waals surface area contributed by atoms with E-state index in [0.717, 1.165) is 0 Å². The summed E-state index contributed by atoms with van der Waals surface area (Å²) >= 11 is 23.3. The number of nitrogens with one attached hydrogen (secondary N) is 1. The van der Waals surface area contributed by atoms with Gasteiger partial charge in [0.25, 0.3) is 5.91 Å². The topological polar surface area (TPSA) is 66.4 Å². The highest BCUT2D eigenvalue weighted by atomic mass is 35.5. The van der Waals surface area contributed by atoms with E-state index in [-0.39, 0.29) is 31.7 Å². The molecule has 0 aliphatic carbocycles. The van der Waals surface area contributed by atoms with Crippen LogP contribution in [0, 0.1) is 0 Å². The van der Waals surface area contributed by atoms with Crippen LogP contribution in [0.1, 0.15) is 34.6 Å². The molecule has 104 valence electrons. The molecule has 0 spiro atoms. The predicted octanol–water partition coefficient (Wildman–Crippen LogP) is 4.14. The second-order valence-electron chi connectivity index (χ2n) is 3.94. The van der Waals surface area contributed by atoms with E-state index in [0.29, 0.717) is 0 Å². The van der Waals surface area contributed by atoms with Crippen molar-refractivity contribution in [2.75, 3.05) is 0 Å². The summed E-state index contributed by atoms with van der Waals surface area (Å²) < 4.78 is 0. The van der Waals surface area contributed by atoms with Gasteiger partial charge in [-0.25, -0.2) is 4.79 Å². The van der Waals surface area contributed by atoms with Crippen LogP contribution in [-0.4, -0.2) is 23.0 Å². The van der Waals surface area contributed by atoms with Crippen LogP contribution < -0.4 is 5.32 Å². The van der Waals surface area contributed by atoms with Gasteiger partial charge in [0.1, 0.15) is 0 Å². The average Bonchev–Trinajstić information content (AvgIpc) is 2.29. The van der Waals surface area contributed by atoms with Crippen molar-refractivity contribution in [2.24, 2.45) is 0 Å². The number of carboxylic acids is 1. The van der Waals surface area contributed by atoms with Crippen molar-refractivity contribution in [1.29, 1.82) is 0 Å². The number of carboxylic acid groups (broad SMARTS) is 1. The molecule has 1 aromatic carbocycles. The first-order chi connectivity index (χ1) is 8.68. The van der Waals surface area contributed by atoms with Gasteiger partial charge in [-0.15, -0.1) is 0 Å². The van der Waals surface area contributed by atoms with Crippen LogP contribution in [0.4, 0.5) is 0 Å². The van der Waals surface area contributed by atoms with Gasteiger partial charge in [0.15, 0.2) is 0 Å². The minimum Gasteiger partial charge on any atom is -0.478 e. The number of rotatable bonds is 3. The first-order valence-corrected chi connectivity index (χ1v) is 6.59. The van der Waals surface area contributed by atoms with Gasteiger partial charge in [-0.2, -0.15) is 0 Å². The van der Waals surface area contributed by atoms with Crippen molar-refractivity contribution in [3.63, 3.8) is 0 Å². The summed E-state index contributed by atoms with van der Waals surface area (Å²) in [5.41, 5.74) is -0.776. The summed E-state index contributed by atoms with van der Waals surface area (Å²) in [6.07, 6.45) is 0. The Balaban J connectivity index is 3.61. The third-order valence-electron chi connectivity index (χ3n) is 2.13. The maximum Gasteiger partial charge on any atom is 0.338 e. The van der Waals surface area contributed by atoms with Crippen molar-refractivity contribution in [1.82, 2.24) is 5.32 Å². The Labute approximate surface area is 129 Å². The van der Waals surface area contributed by atoms with Crippen LogP contribution in [0.3, 0.4) is 0 Å². The Kier molecular flexibility index (Phi) is 5.33. The molecule has 0 bridgehead atoms. The fraction of sp³-hybridized carbons (Fsp3) is 0.273. The predicted molar refractivity (Wildman–Crippen MR) is 76.0 cm³/mol. The highest BCUT2D eigenvalue weighted by Crippen LogP contribution is 2.41. The van der Waals surface area contributed by atoms with E-state index in [1.807, 2.05) is 0 Å².